The average Bonchev–Trinajstić information content (AvgIpc) is 2.89. The first-order chi connectivity index (χ1) is 17.9. The van der Waals surface area contributed by atoms with Crippen LogP contribution in [0.15, 0.2) is 77.6 Å². The van der Waals surface area contributed by atoms with Crippen molar-refractivity contribution in [3.05, 3.63) is 106 Å². The number of aromatic nitrogens is 5. The third-order valence-corrected chi connectivity index (χ3v) is 5.73. The summed E-state index contributed by atoms with van der Waals surface area (Å²) in [5, 5.41) is 3.62. The van der Waals surface area contributed by atoms with E-state index >= 15 is 0 Å². The summed E-state index contributed by atoms with van der Waals surface area (Å²) in [6.45, 7) is 3.52. The van der Waals surface area contributed by atoms with Crippen LogP contribution < -0.4 is 16.6 Å². The predicted octanol–water partition coefficient (Wildman–Crippen LogP) is 3.87. The smallest absolute Gasteiger partial charge is 0.338 e. The summed E-state index contributed by atoms with van der Waals surface area (Å²) >= 11 is 0. The molecule has 10 nitrogen and oxygen atoms in total. The summed E-state index contributed by atoms with van der Waals surface area (Å²) in [5.41, 5.74) is 9.02. The van der Waals surface area contributed by atoms with E-state index in [9.17, 15) is 9.59 Å². The second kappa shape index (κ2) is 9.86. The third kappa shape index (κ3) is 4.98. The highest BCUT2D eigenvalue weighted by molar-refractivity contribution is 5.89. The number of hydrogen-bond acceptors (Lipinski definition) is 9. The van der Waals surface area contributed by atoms with Crippen molar-refractivity contribution in [2.75, 3.05) is 11.1 Å². The van der Waals surface area contributed by atoms with Crippen LogP contribution in [-0.2, 0) is 11.3 Å². The van der Waals surface area contributed by atoms with E-state index in [4.69, 9.17) is 10.5 Å². The van der Waals surface area contributed by atoms with E-state index in [-0.39, 0.29) is 29.9 Å². The normalized spacial score (nSPS) is 10.9. The van der Waals surface area contributed by atoms with Gasteiger partial charge in [-0.1, -0.05) is 30.3 Å². The van der Waals surface area contributed by atoms with Crippen molar-refractivity contribution < 1.29 is 9.53 Å². The monoisotopic (exact) mass is 493 g/mol. The lowest BCUT2D eigenvalue weighted by molar-refractivity contribution is 0.0462. The first-order valence-electron chi connectivity index (χ1n) is 11.5. The van der Waals surface area contributed by atoms with E-state index in [2.05, 4.69) is 25.3 Å². The molecule has 5 aromatic rings. The SMILES string of the molecule is Cc1ccccc1Nc1nc(N)nc(COC(=O)c2ccc(-n3c(C)nc4ccccc4c3=O)cc2)n1. The number of benzene rings is 3. The minimum Gasteiger partial charge on any atom is -0.454 e. The van der Waals surface area contributed by atoms with Gasteiger partial charge in [-0.05, 0) is 61.9 Å². The van der Waals surface area contributed by atoms with Crippen LogP contribution in [0, 0.1) is 13.8 Å². The Hall–Kier alpha value is -5.12. The lowest BCUT2D eigenvalue weighted by atomic mass is 10.2. The molecule has 0 saturated carbocycles. The third-order valence-electron chi connectivity index (χ3n) is 5.73. The fourth-order valence-corrected chi connectivity index (χ4v) is 3.90. The highest BCUT2D eigenvalue weighted by Gasteiger charge is 2.13. The molecule has 10 heteroatoms. The molecule has 184 valence electrons. The number of nitrogen functional groups attached to an aromatic ring is 1. The molecule has 0 atom stereocenters. The molecule has 3 N–H and O–H groups in total. The van der Waals surface area contributed by atoms with Crippen LogP contribution >= 0.6 is 0 Å². The Morgan fingerprint density at radius 1 is 0.919 bits per heavy atom. The molecule has 0 spiro atoms. The van der Waals surface area contributed by atoms with E-state index in [0.717, 1.165) is 11.3 Å². The number of hydrogen-bond donors (Lipinski definition) is 2. The number of carbonyl (C=O) groups is 1. The van der Waals surface area contributed by atoms with Crippen LogP contribution in [0.5, 0.6) is 0 Å². The molecule has 0 saturated heterocycles. The number of anilines is 3. The van der Waals surface area contributed by atoms with Crippen LogP contribution in [-0.4, -0.2) is 30.5 Å². The van der Waals surface area contributed by atoms with E-state index in [1.807, 2.05) is 37.3 Å². The summed E-state index contributed by atoms with van der Waals surface area (Å²) < 4.78 is 6.90. The van der Waals surface area contributed by atoms with Gasteiger partial charge in [-0.3, -0.25) is 9.36 Å². The number of nitrogens with two attached hydrogens (primary N) is 1. The molecular formula is C27H23N7O3. The van der Waals surface area contributed by atoms with Crippen LogP contribution in [0.1, 0.15) is 27.6 Å². The summed E-state index contributed by atoms with van der Waals surface area (Å²) in [5.74, 6) is 0.437. The maximum atomic E-state index is 13.0. The van der Waals surface area contributed by atoms with Crippen LogP contribution in [0.4, 0.5) is 17.6 Å². The number of fused-ring (bicyclic) bond motifs is 1. The number of aryl methyl sites for hydroxylation is 2. The molecule has 0 amide bonds. The van der Waals surface area contributed by atoms with Gasteiger partial charge in [0.1, 0.15) is 5.82 Å². The van der Waals surface area contributed by atoms with Crippen LogP contribution in [0.3, 0.4) is 0 Å². The molecule has 3 aromatic carbocycles. The molecule has 2 aromatic heterocycles. The second-order valence-electron chi connectivity index (χ2n) is 8.31. The summed E-state index contributed by atoms with van der Waals surface area (Å²) in [6, 6.07) is 21.4. The molecular weight excluding hydrogens is 470 g/mol. The number of nitrogens with zero attached hydrogens (tertiary/aromatic N) is 5. The largest absolute Gasteiger partial charge is 0.454 e. The van der Waals surface area contributed by atoms with Gasteiger partial charge in [0, 0.05) is 5.69 Å². The predicted molar refractivity (Wildman–Crippen MR) is 140 cm³/mol. The molecule has 0 aliphatic rings. The Balaban J connectivity index is 1.31. The molecule has 5 rings (SSSR count). The van der Waals surface area contributed by atoms with E-state index in [1.54, 1.807) is 49.4 Å². The number of esters is 1. The maximum absolute atomic E-state index is 13.0. The molecule has 37 heavy (non-hydrogen) atoms. The highest BCUT2D eigenvalue weighted by Crippen LogP contribution is 2.18. The summed E-state index contributed by atoms with van der Waals surface area (Å²) in [7, 11) is 0. The van der Waals surface area contributed by atoms with Gasteiger partial charge in [-0.15, -0.1) is 0 Å². The van der Waals surface area contributed by atoms with Crippen LogP contribution in [0.2, 0.25) is 0 Å². The van der Waals surface area contributed by atoms with Gasteiger partial charge in [0.25, 0.3) is 5.56 Å². The number of para-hydroxylation sites is 2. The van der Waals surface area contributed by atoms with Gasteiger partial charge < -0.3 is 15.8 Å². The Morgan fingerprint density at radius 2 is 1.65 bits per heavy atom. The second-order valence-corrected chi connectivity index (χ2v) is 8.31. The quantitative estimate of drug-likeness (QED) is 0.338. The van der Waals surface area contributed by atoms with Crippen molar-refractivity contribution in [2.24, 2.45) is 0 Å². The number of ether oxygens (including phenoxy) is 1. The Labute approximate surface area is 211 Å². The van der Waals surface area contributed by atoms with Crippen molar-refractivity contribution in [1.82, 2.24) is 24.5 Å². The minimum absolute atomic E-state index is 0.00583. The van der Waals surface area contributed by atoms with Gasteiger partial charge in [0.2, 0.25) is 11.9 Å². The fraction of sp³-hybridized carbons (Fsp3) is 0.111. The van der Waals surface area contributed by atoms with Gasteiger partial charge in [0.05, 0.1) is 22.2 Å². The molecule has 0 fully saturated rings. The first kappa shape index (κ1) is 23.6. The van der Waals surface area contributed by atoms with Crippen molar-refractivity contribution in [2.45, 2.75) is 20.5 Å². The number of rotatable bonds is 6. The van der Waals surface area contributed by atoms with E-state index in [1.165, 1.54) is 4.57 Å². The lowest BCUT2D eigenvalue weighted by Crippen LogP contribution is -2.22. The number of nitrogens with one attached hydrogen (secondary N) is 1. The van der Waals surface area contributed by atoms with Gasteiger partial charge >= 0.3 is 5.97 Å². The topological polar surface area (TPSA) is 138 Å². The van der Waals surface area contributed by atoms with Crippen LogP contribution in [0.25, 0.3) is 16.6 Å². The zero-order valence-electron chi connectivity index (χ0n) is 20.2. The molecule has 2 heterocycles. The molecule has 0 aliphatic carbocycles. The zero-order valence-corrected chi connectivity index (χ0v) is 20.2. The van der Waals surface area contributed by atoms with Crippen molar-refractivity contribution in [3.63, 3.8) is 0 Å². The van der Waals surface area contributed by atoms with Gasteiger partial charge in [0.15, 0.2) is 12.4 Å². The number of carbonyl (C=O) groups excluding carboxylic acids is 1. The molecule has 0 unspecified atom stereocenters. The maximum Gasteiger partial charge on any atom is 0.338 e. The van der Waals surface area contributed by atoms with Gasteiger partial charge in [-0.25, -0.2) is 9.78 Å². The standard InChI is InChI=1S/C27H23N7O3/c1-16-7-3-5-9-21(16)30-27-32-23(31-26(28)33-27)15-37-25(36)18-11-13-19(14-12-18)34-17(2)29-22-10-6-4-8-20(22)24(34)35/h3-14H,15H2,1-2H3,(H3,28,30,31,32,33). The minimum atomic E-state index is -0.570. The Bertz CT molecular complexity index is 1680. The fourth-order valence-electron chi connectivity index (χ4n) is 3.90. The van der Waals surface area contributed by atoms with Gasteiger partial charge in [-0.2, -0.15) is 15.0 Å². The van der Waals surface area contributed by atoms with Crippen molar-refractivity contribution in [1.29, 1.82) is 0 Å². The highest BCUT2D eigenvalue weighted by atomic mass is 16.5. The molecule has 0 radical (unpaired) electrons. The molecule has 0 aliphatic heterocycles. The average molecular weight is 494 g/mol. The first-order valence-corrected chi connectivity index (χ1v) is 11.5. The molecule has 0 bridgehead atoms. The van der Waals surface area contributed by atoms with E-state index in [0.29, 0.717) is 28.0 Å². The van der Waals surface area contributed by atoms with E-state index < -0.39 is 5.97 Å². The summed E-state index contributed by atoms with van der Waals surface area (Å²) in [6.07, 6.45) is 0. The lowest BCUT2D eigenvalue weighted by Gasteiger charge is -2.12. The Kier molecular flexibility index (Phi) is 6.29. The summed E-state index contributed by atoms with van der Waals surface area (Å²) in [4.78, 5) is 42.6. The zero-order chi connectivity index (χ0) is 25.9. The Morgan fingerprint density at radius 3 is 2.43 bits per heavy atom. The van der Waals surface area contributed by atoms with Crippen molar-refractivity contribution >= 4 is 34.5 Å². The van der Waals surface area contributed by atoms with Crippen molar-refractivity contribution in [3.8, 4) is 5.69 Å².